The Balaban J connectivity index is 1.86. The summed E-state index contributed by atoms with van der Waals surface area (Å²) >= 11 is 0. The number of hydrogen-bond donors (Lipinski definition) is 1. The normalized spacial score (nSPS) is 14.5. The number of hydrogen-bond acceptors (Lipinski definition) is 2. The van der Waals surface area contributed by atoms with Gasteiger partial charge in [0.25, 0.3) is 5.91 Å². The highest BCUT2D eigenvalue weighted by Gasteiger charge is 2.21. The van der Waals surface area contributed by atoms with Crippen LogP contribution in [0.3, 0.4) is 0 Å². The molecule has 1 aliphatic rings. The molecule has 1 fully saturated rings. The Kier molecular flexibility index (Phi) is 4.88. The summed E-state index contributed by atoms with van der Waals surface area (Å²) in [6.45, 7) is 6.64. The molecule has 0 aliphatic carbocycles. The predicted molar refractivity (Wildman–Crippen MR) is 101 cm³/mol. The summed E-state index contributed by atoms with van der Waals surface area (Å²) in [5.41, 5.74) is 5.32. The lowest BCUT2D eigenvalue weighted by molar-refractivity contribution is -0.119. The van der Waals surface area contributed by atoms with Crippen molar-refractivity contribution in [1.29, 1.82) is 0 Å². The molecule has 1 aliphatic heterocycles. The molecule has 0 saturated carbocycles. The Morgan fingerprint density at radius 1 is 1.00 bits per heavy atom. The number of piperidine rings is 1. The first-order valence-electron chi connectivity index (χ1n) is 8.75. The molecule has 0 unspecified atom stereocenters. The lowest BCUT2D eigenvalue weighted by Crippen LogP contribution is -2.35. The van der Waals surface area contributed by atoms with Gasteiger partial charge >= 0.3 is 0 Å². The van der Waals surface area contributed by atoms with Crippen LogP contribution in [-0.4, -0.2) is 18.4 Å². The number of anilines is 2. The maximum Gasteiger partial charge on any atom is 0.255 e. The fourth-order valence-electron chi connectivity index (χ4n) is 3.22. The standard InChI is InChI=1S/C21H24N2O2/c1-14-7-8-15(2)18(12-14)21(25)22-17-10-9-16(3)19(13-17)23-11-5-4-6-20(23)24/h7-10,12-13H,4-6,11H2,1-3H3,(H,22,25). The van der Waals surface area contributed by atoms with E-state index in [1.807, 2.05) is 62.1 Å². The third kappa shape index (κ3) is 3.73. The van der Waals surface area contributed by atoms with E-state index in [4.69, 9.17) is 0 Å². The molecule has 2 amide bonds. The molecule has 4 nitrogen and oxygen atoms in total. The largest absolute Gasteiger partial charge is 0.322 e. The van der Waals surface area contributed by atoms with Gasteiger partial charge in [0.15, 0.2) is 0 Å². The molecule has 0 radical (unpaired) electrons. The maximum absolute atomic E-state index is 12.6. The van der Waals surface area contributed by atoms with Crippen molar-refractivity contribution in [2.75, 3.05) is 16.8 Å². The number of benzene rings is 2. The number of carbonyl (C=O) groups excluding carboxylic acids is 2. The Hall–Kier alpha value is -2.62. The zero-order chi connectivity index (χ0) is 18.0. The van der Waals surface area contributed by atoms with Crippen molar-refractivity contribution in [2.24, 2.45) is 0 Å². The molecule has 3 rings (SSSR count). The van der Waals surface area contributed by atoms with E-state index in [-0.39, 0.29) is 11.8 Å². The van der Waals surface area contributed by atoms with Crippen molar-refractivity contribution < 1.29 is 9.59 Å². The van der Waals surface area contributed by atoms with Crippen LogP contribution in [-0.2, 0) is 4.79 Å². The van der Waals surface area contributed by atoms with E-state index in [2.05, 4.69) is 5.32 Å². The van der Waals surface area contributed by atoms with E-state index in [1.54, 1.807) is 0 Å². The molecule has 0 spiro atoms. The van der Waals surface area contributed by atoms with Gasteiger partial charge in [-0.15, -0.1) is 0 Å². The van der Waals surface area contributed by atoms with Crippen molar-refractivity contribution in [3.05, 3.63) is 58.7 Å². The zero-order valence-electron chi connectivity index (χ0n) is 15.1. The first-order valence-corrected chi connectivity index (χ1v) is 8.75. The fourth-order valence-corrected chi connectivity index (χ4v) is 3.22. The molecule has 130 valence electrons. The molecular weight excluding hydrogens is 312 g/mol. The van der Waals surface area contributed by atoms with Crippen LogP contribution in [0.25, 0.3) is 0 Å². The second kappa shape index (κ2) is 7.09. The van der Waals surface area contributed by atoms with Gasteiger partial charge < -0.3 is 10.2 Å². The highest BCUT2D eigenvalue weighted by atomic mass is 16.2. The molecule has 1 heterocycles. The average Bonchev–Trinajstić information content (AvgIpc) is 2.59. The molecule has 1 N–H and O–H groups in total. The Labute approximate surface area is 148 Å². The highest BCUT2D eigenvalue weighted by Crippen LogP contribution is 2.28. The summed E-state index contributed by atoms with van der Waals surface area (Å²) in [4.78, 5) is 26.7. The van der Waals surface area contributed by atoms with E-state index < -0.39 is 0 Å². The molecule has 1 saturated heterocycles. The van der Waals surface area contributed by atoms with Gasteiger partial charge in [0.05, 0.1) is 0 Å². The zero-order valence-corrected chi connectivity index (χ0v) is 15.1. The second-order valence-corrected chi connectivity index (χ2v) is 6.78. The van der Waals surface area contributed by atoms with E-state index in [9.17, 15) is 9.59 Å². The number of carbonyl (C=O) groups is 2. The Morgan fingerprint density at radius 2 is 1.76 bits per heavy atom. The highest BCUT2D eigenvalue weighted by molar-refractivity contribution is 6.06. The van der Waals surface area contributed by atoms with Crippen LogP contribution >= 0.6 is 0 Å². The monoisotopic (exact) mass is 336 g/mol. The van der Waals surface area contributed by atoms with Gasteiger partial charge in [-0.05, 0) is 62.9 Å². The van der Waals surface area contributed by atoms with Crippen LogP contribution in [0.2, 0.25) is 0 Å². The molecule has 0 atom stereocenters. The van der Waals surface area contributed by atoms with E-state index in [0.29, 0.717) is 17.7 Å². The molecule has 0 bridgehead atoms. The smallest absolute Gasteiger partial charge is 0.255 e. The van der Waals surface area contributed by atoms with Crippen LogP contribution in [0.5, 0.6) is 0 Å². The Morgan fingerprint density at radius 3 is 2.52 bits per heavy atom. The fraction of sp³-hybridized carbons (Fsp3) is 0.333. The molecule has 2 aromatic carbocycles. The summed E-state index contributed by atoms with van der Waals surface area (Å²) in [5, 5.41) is 2.97. The lowest BCUT2D eigenvalue weighted by atomic mass is 10.0. The molecule has 4 heteroatoms. The minimum Gasteiger partial charge on any atom is -0.322 e. The first-order chi connectivity index (χ1) is 12.0. The minimum atomic E-state index is -0.124. The van der Waals surface area contributed by atoms with Gasteiger partial charge in [0.1, 0.15) is 0 Å². The van der Waals surface area contributed by atoms with Gasteiger partial charge in [0, 0.05) is 29.9 Å². The lowest BCUT2D eigenvalue weighted by Gasteiger charge is -2.28. The summed E-state index contributed by atoms with van der Waals surface area (Å²) in [6.07, 6.45) is 2.57. The van der Waals surface area contributed by atoms with Gasteiger partial charge in [-0.25, -0.2) is 0 Å². The summed E-state index contributed by atoms with van der Waals surface area (Å²) < 4.78 is 0. The SMILES string of the molecule is Cc1ccc(C)c(C(=O)Nc2ccc(C)c(N3CCCCC3=O)c2)c1. The van der Waals surface area contributed by atoms with Gasteiger partial charge in [-0.2, -0.15) is 0 Å². The van der Waals surface area contributed by atoms with Crippen LogP contribution in [0.1, 0.15) is 46.3 Å². The topological polar surface area (TPSA) is 49.4 Å². The first kappa shape index (κ1) is 17.2. The van der Waals surface area contributed by atoms with Crippen LogP contribution in [0, 0.1) is 20.8 Å². The van der Waals surface area contributed by atoms with E-state index in [1.165, 1.54) is 0 Å². The van der Waals surface area contributed by atoms with Crippen molar-refractivity contribution in [2.45, 2.75) is 40.0 Å². The number of nitrogens with zero attached hydrogens (tertiary/aromatic N) is 1. The van der Waals surface area contributed by atoms with Crippen molar-refractivity contribution >= 4 is 23.2 Å². The summed E-state index contributed by atoms with van der Waals surface area (Å²) in [6, 6.07) is 11.6. The number of rotatable bonds is 3. The van der Waals surface area contributed by atoms with Crippen LogP contribution in [0.4, 0.5) is 11.4 Å². The van der Waals surface area contributed by atoms with Gasteiger partial charge in [-0.3, -0.25) is 9.59 Å². The second-order valence-electron chi connectivity index (χ2n) is 6.78. The van der Waals surface area contributed by atoms with Gasteiger partial charge in [-0.1, -0.05) is 23.8 Å². The van der Waals surface area contributed by atoms with Crippen molar-refractivity contribution in [1.82, 2.24) is 0 Å². The molecule has 0 aromatic heterocycles. The third-order valence-corrected chi connectivity index (χ3v) is 4.72. The molecule has 25 heavy (non-hydrogen) atoms. The van der Waals surface area contributed by atoms with Crippen molar-refractivity contribution in [3.8, 4) is 0 Å². The van der Waals surface area contributed by atoms with Crippen molar-refractivity contribution in [3.63, 3.8) is 0 Å². The van der Waals surface area contributed by atoms with Crippen LogP contribution in [0.15, 0.2) is 36.4 Å². The van der Waals surface area contributed by atoms with Gasteiger partial charge in [0.2, 0.25) is 5.91 Å². The summed E-state index contributed by atoms with van der Waals surface area (Å²) in [5.74, 6) is 0.0355. The number of amides is 2. The molecular formula is C21H24N2O2. The summed E-state index contributed by atoms with van der Waals surface area (Å²) in [7, 11) is 0. The Bertz CT molecular complexity index is 827. The minimum absolute atomic E-state index is 0.124. The number of nitrogens with one attached hydrogen (secondary N) is 1. The molecule has 2 aromatic rings. The predicted octanol–water partition coefficient (Wildman–Crippen LogP) is 4.38. The maximum atomic E-state index is 12.6. The van der Waals surface area contributed by atoms with E-state index in [0.717, 1.165) is 41.8 Å². The third-order valence-electron chi connectivity index (χ3n) is 4.72. The van der Waals surface area contributed by atoms with Crippen LogP contribution < -0.4 is 10.2 Å². The van der Waals surface area contributed by atoms with E-state index >= 15 is 0 Å². The quantitative estimate of drug-likeness (QED) is 0.904. The average molecular weight is 336 g/mol. The number of aryl methyl sites for hydroxylation is 3.